The highest BCUT2D eigenvalue weighted by molar-refractivity contribution is 4.66. The van der Waals surface area contributed by atoms with E-state index in [2.05, 4.69) is 13.2 Å². The zero-order valence-corrected chi connectivity index (χ0v) is 11.8. The Morgan fingerprint density at radius 1 is 0.348 bits per heavy atom. The van der Waals surface area contributed by atoms with Crippen molar-refractivity contribution in [1.29, 1.82) is 0 Å². The van der Waals surface area contributed by atoms with Gasteiger partial charge in [-0.1, -0.05) is 114 Å². The summed E-state index contributed by atoms with van der Waals surface area (Å²) in [5.74, 6) is 0. The van der Waals surface area contributed by atoms with Gasteiger partial charge in [0.1, 0.15) is 0 Å². The van der Waals surface area contributed by atoms with Crippen molar-refractivity contribution < 1.29 is 0 Å². The van der Waals surface area contributed by atoms with E-state index in [1.54, 1.807) is 0 Å². The van der Waals surface area contributed by atoms with E-state index in [1.807, 2.05) is 12.2 Å². The van der Waals surface area contributed by atoms with Gasteiger partial charge in [-0.25, -0.2) is 0 Å². The van der Waals surface area contributed by atoms with Gasteiger partial charge in [-0.2, -0.15) is 0 Å². The fraction of sp³-hybridized carbons (Fsp3) is 0.826. The van der Waals surface area contributed by atoms with Crippen LogP contribution in [0.2, 0.25) is 0 Å². The lowest BCUT2D eigenvalue weighted by Gasteiger charge is -2.02. The standard InChI is InChI=1S/C17H32.6CH4/c1-3-5-7-9-11-13-15-17-16-14-12-10-8-6-4-2;;;;;;/h3-4H,1-2,5-17H2;6*1H4. The molecular weight excluding hydrogens is 276 g/mol. The van der Waals surface area contributed by atoms with Crippen LogP contribution in [0.4, 0.5) is 0 Å². The summed E-state index contributed by atoms with van der Waals surface area (Å²) >= 11 is 0. The molecule has 0 N–H and O–H groups in total. The molecule has 0 heterocycles. The fourth-order valence-corrected chi connectivity index (χ4v) is 2.17. The van der Waals surface area contributed by atoms with Gasteiger partial charge >= 0.3 is 0 Å². The van der Waals surface area contributed by atoms with Crippen LogP contribution in [-0.2, 0) is 0 Å². The van der Waals surface area contributed by atoms with Gasteiger partial charge in [0.25, 0.3) is 0 Å². The first-order chi connectivity index (χ1) is 8.41. The largest absolute Gasteiger partial charge is 0.103 e. The van der Waals surface area contributed by atoms with E-state index >= 15 is 0 Å². The van der Waals surface area contributed by atoms with Crippen molar-refractivity contribution in [2.24, 2.45) is 0 Å². The van der Waals surface area contributed by atoms with Gasteiger partial charge in [0.05, 0.1) is 0 Å². The van der Waals surface area contributed by atoms with Crippen molar-refractivity contribution in [3.8, 4) is 0 Å². The first kappa shape index (κ1) is 43.3. The monoisotopic (exact) mass is 332 g/mol. The second-order valence-electron chi connectivity index (χ2n) is 5.04. The number of rotatable bonds is 14. The van der Waals surface area contributed by atoms with E-state index in [9.17, 15) is 0 Å². The molecule has 0 aliphatic heterocycles. The van der Waals surface area contributed by atoms with Gasteiger partial charge in [0, 0.05) is 0 Å². The highest BCUT2D eigenvalue weighted by Gasteiger charge is 1.92. The Morgan fingerprint density at radius 2 is 0.522 bits per heavy atom. The van der Waals surface area contributed by atoms with Crippen LogP contribution in [0.3, 0.4) is 0 Å². The van der Waals surface area contributed by atoms with E-state index in [1.165, 1.54) is 83.5 Å². The topological polar surface area (TPSA) is 0 Å². The lowest BCUT2D eigenvalue weighted by molar-refractivity contribution is 0.547. The smallest absolute Gasteiger partial charge is 0.0353 e. The van der Waals surface area contributed by atoms with Crippen molar-refractivity contribution >= 4 is 0 Å². The Bertz CT molecular complexity index is 139. The molecule has 0 saturated heterocycles. The number of allylic oxidation sites excluding steroid dienone is 2. The molecule has 0 unspecified atom stereocenters. The van der Waals surface area contributed by atoms with Crippen molar-refractivity contribution in [2.75, 3.05) is 0 Å². The van der Waals surface area contributed by atoms with E-state index in [0.717, 1.165) is 0 Å². The lowest BCUT2D eigenvalue weighted by atomic mass is 10.0. The minimum Gasteiger partial charge on any atom is -0.103 e. The lowest BCUT2D eigenvalue weighted by Crippen LogP contribution is -1.82. The van der Waals surface area contributed by atoms with Gasteiger partial charge in [0.2, 0.25) is 0 Å². The molecule has 23 heavy (non-hydrogen) atoms. The first-order valence-corrected chi connectivity index (χ1v) is 7.63. The van der Waals surface area contributed by atoms with Crippen LogP contribution in [0.5, 0.6) is 0 Å². The minimum absolute atomic E-state index is 0. The third-order valence-electron chi connectivity index (χ3n) is 3.32. The SMILES string of the molecule is C.C.C.C.C.C.C=CCCCCCCCCCCCCCC=C. The summed E-state index contributed by atoms with van der Waals surface area (Å²) in [7, 11) is 0. The van der Waals surface area contributed by atoms with Crippen LogP contribution in [0.1, 0.15) is 128 Å². The summed E-state index contributed by atoms with van der Waals surface area (Å²) in [5.41, 5.74) is 0. The molecule has 0 radical (unpaired) electrons. The van der Waals surface area contributed by atoms with Gasteiger partial charge in [-0.15, -0.1) is 13.2 Å². The predicted molar refractivity (Wildman–Crippen MR) is 121 cm³/mol. The normalized spacial score (nSPS) is 7.65. The van der Waals surface area contributed by atoms with Crippen LogP contribution in [0.25, 0.3) is 0 Å². The molecule has 0 aromatic rings. The van der Waals surface area contributed by atoms with Gasteiger partial charge in [-0.05, 0) is 25.7 Å². The molecule has 0 aliphatic rings. The zero-order chi connectivity index (χ0) is 12.6. The summed E-state index contributed by atoms with van der Waals surface area (Å²) in [5, 5.41) is 0. The van der Waals surface area contributed by atoms with Crippen molar-refractivity contribution in [3.63, 3.8) is 0 Å². The molecule has 0 bridgehead atoms. The quantitative estimate of drug-likeness (QED) is 0.219. The highest BCUT2D eigenvalue weighted by Crippen LogP contribution is 2.12. The zero-order valence-electron chi connectivity index (χ0n) is 11.8. The van der Waals surface area contributed by atoms with Crippen LogP contribution in [-0.4, -0.2) is 0 Å². The molecule has 148 valence electrons. The maximum absolute atomic E-state index is 3.75. The highest BCUT2D eigenvalue weighted by atomic mass is 14.0. The van der Waals surface area contributed by atoms with E-state index < -0.39 is 0 Å². The van der Waals surface area contributed by atoms with Gasteiger partial charge in [0.15, 0.2) is 0 Å². The third kappa shape index (κ3) is 44.9. The predicted octanol–water partition coefficient (Wildman–Crippen LogP) is 10.2. The molecule has 0 amide bonds. The Labute approximate surface area is 153 Å². The van der Waals surface area contributed by atoms with Crippen molar-refractivity contribution in [1.82, 2.24) is 0 Å². The van der Waals surface area contributed by atoms with Gasteiger partial charge < -0.3 is 0 Å². The van der Waals surface area contributed by atoms with Crippen LogP contribution >= 0.6 is 0 Å². The second-order valence-corrected chi connectivity index (χ2v) is 5.04. The third-order valence-corrected chi connectivity index (χ3v) is 3.32. The van der Waals surface area contributed by atoms with Crippen molar-refractivity contribution in [3.05, 3.63) is 25.3 Å². The van der Waals surface area contributed by atoms with Crippen LogP contribution in [0, 0.1) is 0 Å². The second kappa shape index (κ2) is 43.0. The molecule has 0 rings (SSSR count). The maximum atomic E-state index is 3.75. The molecule has 0 fully saturated rings. The Morgan fingerprint density at radius 3 is 0.696 bits per heavy atom. The Balaban J connectivity index is -0.0000000853. The molecule has 0 saturated carbocycles. The number of hydrogen-bond donors (Lipinski definition) is 0. The van der Waals surface area contributed by atoms with E-state index in [-0.39, 0.29) is 44.6 Å². The minimum atomic E-state index is 0. The number of unbranched alkanes of at least 4 members (excludes halogenated alkanes) is 12. The van der Waals surface area contributed by atoms with Gasteiger partial charge in [-0.3, -0.25) is 0 Å². The van der Waals surface area contributed by atoms with Crippen LogP contribution < -0.4 is 0 Å². The average molecular weight is 333 g/mol. The average Bonchev–Trinajstić information content (AvgIpc) is 2.35. The van der Waals surface area contributed by atoms with Crippen LogP contribution in [0.15, 0.2) is 25.3 Å². The summed E-state index contributed by atoms with van der Waals surface area (Å²) in [6.45, 7) is 7.50. The molecule has 0 aromatic heterocycles. The molecule has 0 nitrogen and oxygen atoms in total. The molecular formula is C23H56. The molecule has 0 spiro atoms. The summed E-state index contributed by atoms with van der Waals surface area (Å²) < 4.78 is 0. The summed E-state index contributed by atoms with van der Waals surface area (Å²) in [6, 6.07) is 0. The first-order valence-electron chi connectivity index (χ1n) is 7.63. The van der Waals surface area contributed by atoms with E-state index in [0.29, 0.717) is 0 Å². The van der Waals surface area contributed by atoms with E-state index in [4.69, 9.17) is 0 Å². The maximum Gasteiger partial charge on any atom is -0.0353 e. The van der Waals surface area contributed by atoms with Crippen molar-refractivity contribution in [2.45, 2.75) is 128 Å². The molecule has 0 aromatic carbocycles. The summed E-state index contributed by atoms with van der Waals surface area (Å²) in [4.78, 5) is 0. The molecule has 0 atom stereocenters. The summed E-state index contributed by atoms with van der Waals surface area (Å²) in [6.07, 6.45) is 22.0. The Kier molecular flexibility index (Phi) is 80.9. The molecule has 0 heteroatoms. The fourth-order valence-electron chi connectivity index (χ4n) is 2.17. The Hall–Kier alpha value is -0.520. The molecule has 0 aliphatic carbocycles. The number of hydrogen-bond acceptors (Lipinski definition) is 0.